The lowest BCUT2D eigenvalue weighted by Crippen LogP contribution is -2.67. The highest BCUT2D eigenvalue weighted by molar-refractivity contribution is 5.92. The van der Waals surface area contributed by atoms with Gasteiger partial charge in [0.25, 0.3) is 0 Å². The molecule has 19 nitrogen and oxygen atoms in total. The van der Waals surface area contributed by atoms with E-state index in [9.17, 15) is 34.2 Å². The molecule has 3 aliphatic rings. The van der Waals surface area contributed by atoms with Gasteiger partial charge in [-0.3, -0.25) is 24.2 Å². The minimum Gasteiger partial charge on any atom is -0.497 e. The van der Waals surface area contributed by atoms with Crippen LogP contribution < -0.4 is 9.64 Å². The first-order valence-corrected chi connectivity index (χ1v) is 24.6. The largest absolute Gasteiger partial charge is 0.497 e. The van der Waals surface area contributed by atoms with E-state index in [1.165, 1.54) is 14.0 Å². The lowest BCUT2D eigenvalue weighted by Gasteiger charge is -2.53. The summed E-state index contributed by atoms with van der Waals surface area (Å²) >= 11 is 0. The predicted molar refractivity (Wildman–Crippen MR) is 256 cm³/mol. The zero-order chi connectivity index (χ0) is 51.6. The number of aliphatic hydroxyl groups excluding tert-OH is 2. The summed E-state index contributed by atoms with van der Waals surface area (Å²) in [6, 6.07) is 6.62. The lowest BCUT2D eigenvalue weighted by molar-refractivity contribution is -0.319. The number of aldehydes is 1. The van der Waals surface area contributed by atoms with Gasteiger partial charge in [0.2, 0.25) is 0 Å². The van der Waals surface area contributed by atoms with Crippen molar-refractivity contribution >= 4 is 46.8 Å². The average Bonchev–Trinajstić information content (AvgIpc) is 3.30. The van der Waals surface area contributed by atoms with Crippen molar-refractivity contribution in [3.63, 3.8) is 0 Å². The van der Waals surface area contributed by atoms with Gasteiger partial charge in [-0.2, -0.15) is 0 Å². The number of hydrogen-bond donors (Lipinski definition) is 2. The van der Waals surface area contributed by atoms with Crippen LogP contribution in [-0.2, 0) is 61.9 Å². The number of β-amino-alcohol motifs (C(OH)–C–C–N with tert-alkyl or cyclic N) is 1. The van der Waals surface area contributed by atoms with Crippen LogP contribution in [0, 0.1) is 17.8 Å². The summed E-state index contributed by atoms with van der Waals surface area (Å²) < 4.78 is 55.3. The van der Waals surface area contributed by atoms with E-state index >= 15 is 0 Å². The summed E-state index contributed by atoms with van der Waals surface area (Å²) in [5.74, 6) is -3.81. The van der Waals surface area contributed by atoms with Crippen molar-refractivity contribution < 1.29 is 76.8 Å². The number of cyclic esters (lactones) is 1. The maximum atomic E-state index is 14.0. The minimum atomic E-state index is -1.38. The Morgan fingerprint density at radius 1 is 0.986 bits per heavy atom. The molecular formula is C51H77N3O16. The molecule has 1 aromatic heterocycles. The number of ether oxygens (including phenoxy) is 9. The number of fused-ring (bicyclic) bond motifs is 1. The van der Waals surface area contributed by atoms with Crippen LogP contribution >= 0.6 is 0 Å². The number of likely N-dealkylation sites (N-methyl/N-ethyl adjacent to an activating group) is 1. The van der Waals surface area contributed by atoms with Crippen LogP contribution in [0.1, 0.15) is 100 Å². The summed E-state index contributed by atoms with van der Waals surface area (Å²) in [7, 11) is 6.54. The number of nitrogens with zero attached hydrogens (tertiary/aromatic N) is 3. The van der Waals surface area contributed by atoms with E-state index in [4.69, 9.17) is 42.6 Å². The molecule has 0 radical (unpaired) electrons. The Morgan fingerprint density at radius 3 is 2.31 bits per heavy atom. The van der Waals surface area contributed by atoms with Crippen molar-refractivity contribution in [1.29, 1.82) is 0 Å². The molecule has 0 spiro atoms. The molecule has 5 rings (SSSR count). The smallest absolute Gasteiger partial charge is 0.309 e. The van der Waals surface area contributed by atoms with Gasteiger partial charge >= 0.3 is 23.9 Å². The Labute approximate surface area is 412 Å². The molecule has 70 heavy (non-hydrogen) atoms. The third-order valence-electron chi connectivity index (χ3n) is 14.1. The van der Waals surface area contributed by atoms with Crippen LogP contribution in [0.25, 0.3) is 10.9 Å². The normalized spacial score (nSPS) is 34.9. The molecule has 0 aliphatic carbocycles. The van der Waals surface area contributed by atoms with E-state index in [1.54, 1.807) is 73.8 Å². The van der Waals surface area contributed by atoms with Gasteiger partial charge in [-0.15, -0.1) is 0 Å². The van der Waals surface area contributed by atoms with Crippen LogP contribution in [-0.4, -0.2) is 171 Å². The van der Waals surface area contributed by atoms with Gasteiger partial charge in [0.15, 0.2) is 18.0 Å². The number of benzene rings is 1. The van der Waals surface area contributed by atoms with E-state index in [2.05, 4.69) is 4.98 Å². The number of anilines is 1. The van der Waals surface area contributed by atoms with E-state index in [0.29, 0.717) is 18.7 Å². The Kier molecular flexibility index (Phi) is 20.3. The Bertz CT molecular complexity index is 2070. The summed E-state index contributed by atoms with van der Waals surface area (Å²) in [6.45, 7) is 13.9. The number of aliphatic hydroxyl groups is 2. The topological polar surface area (TPSA) is 228 Å². The molecule has 0 bridgehead atoms. The summed E-state index contributed by atoms with van der Waals surface area (Å²) in [6.07, 6.45) is -8.28. The molecule has 3 saturated heterocycles. The van der Waals surface area contributed by atoms with Gasteiger partial charge in [-0.05, 0) is 84.3 Å². The number of carbonyl (C=O) groups excluding carboxylic acids is 5. The van der Waals surface area contributed by atoms with Gasteiger partial charge in [0.1, 0.15) is 36.5 Å². The zero-order valence-electron chi connectivity index (χ0n) is 42.9. The maximum absolute atomic E-state index is 14.0. The zero-order valence-corrected chi connectivity index (χ0v) is 42.9. The molecule has 2 aromatic rings. The molecule has 19 heteroatoms. The molecule has 2 N–H and O–H groups in total. The van der Waals surface area contributed by atoms with Gasteiger partial charge in [-0.1, -0.05) is 20.8 Å². The first kappa shape index (κ1) is 56.4. The van der Waals surface area contributed by atoms with Crippen LogP contribution in [0.3, 0.4) is 0 Å². The Morgan fingerprint density at radius 2 is 1.69 bits per heavy atom. The molecule has 3 aliphatic heterocycles. The third kappa shape index (κ3) is 13.7. The number of hydrogen-bond acceptors (Lipinski definition) is 19. The number of carbonyl (C=O) groups is 5. The van der Waals surface area contributed by atoms with Crippen LogP contribution in [0.4, 0.5) is 5.69 Å². The van der Waals surface area contributed by atoms with Crippen molar-refractivity contribution in [2.75, 3.05) is 46.3 Å². The molecule has 392 valence electrons. The van der Waals surface area contributed by atoms with Gasteiger partial charge < -0.3 is 67.4 Å². The highest BCUT2D eigenvalue weighted by Crippen LogP contribution is 2.43. The monoisotopic (exact) mass is 988 g/mol. The minimum absolute atomic E-state index is 0.0170. The van der Waals surface area contributed by atoms with Crippen LogP contribution in [0.15, 0.2) is 30.5 Å². The van der Waals surface area contributed by atoms with E-state index in [-0.39, 0.29) is 38.6 Å². The SMILES string of the molecule is CCC(=O)O[C@@H]1CC(=O)O[C@H](C)CCN(c2ccnc3ccc(OC)cc23)C[C@H](O)[C@H](C)C[C@H](CC=O)C([C@@H]2O[C@H](C)[C@@H](O[C@H]3C[C@@](C)(OC(C)=O)[C@@H](OC(=O)CC)[C@H](C)O3)[C@H](N(C)C)[C@H]2O)[C@@H]1OC. The highest BCUT2D eigenvalue weighted by atomic mass is 16.7. The fourth-order valence-electron chi connectivity index (χ4n) is 10.6. The molecule has 3 fully saturated rings. The van der Waals surface area contributed by atoms with Crippen molar-refractivity contribution in [1.82, 2.24) is 9.88 Å². The van der Waals surface area contributed by atoms with E-state index in [0.717, 1.165) is 22.9 Å². The number of rotatable bonds is 14. The van der Waals surface area contributed by atoms with Crippen molar-refractivity contribution in [2.24, 2.45) is 17.8 Å². The summed E-state index contributed by atoms with van der Waals surface area (Å²) in [5.41, 5.74) is 0.165. The quantitative estimate of drug-likeness (QED) is 0.150. The molecular weight excluding hydrogens is 911 g/mol. The first-order valence-electron chi connectivity index (χ1n) is 24.6. The summed E-state index contributed by atoms with van der Waals surface area (Å²) in [5, 5.41) is 25.8. The number of pyridine rings is 1. The summed E-state index contributed by atoms with van der Waals surface area (Å²) in [4.78, 5) is 73.4. The molecule has 16 atom stereocenters. The van der Waals surface area contributed by atoms with Gasteiger partial charge in [0, 0.05) is 82.4 Å². The highest BCUT2D eigenvalue weighted by Gasteiger charge is 2.56. The maximum Gasteiger partial charge on any atom is 0.309 e. The standard InChI is InChI=1S/C51H77N3O16/c1-13-40(58)67-39-25-42(60)64-29(4)18-21-54(37-17-20-52-36-16-15-34(62-11)24-35(36)37)27-38(57)28(3)23-33(19-22-55)44(48(39)63-12)49-46(61)45(53(9)10)47(30(5)66-49)69-43-26-51(8,70-32(7)56)50(31(6)65-43)68-41(59)14-2/h15-17,20,22,24,28-31,33,38-39,43-50,57,61H,13-14,18-19,21,23,25-27H2,1-12H3/t28-,29-,30-,31+,33+,38+,39-,43+,44?,45-,46-,47-,48-,49+,50+,51-/m1/s1. The Hall–Kier alpha value is -4.50. The molecule has 0 amide bonds. The third-order valence-corrected chi connectivity index (χ3v) is 14.1. The van der Waals surface area contributed by atoms with Gasteiger partial charge in [0.05, 0.1) is 55.6 Å². The van der Waals surface area contributed by atoms with Crippen molar-refractivity contribution in [3.05, 3.63) is 30.5 Å². The number of aromatic nitrogens is 1. The van der Waals surface area contributed by atoms with Crippen LogP contribution in [0.5, 0.6) is 5.75 Å². The fourth-order valence-corrected chi connectivity index (χ4v) is 10.6. The fraction of sp³-hybridized carbons (Fsp3) is 0.725. The van der Waals surface area contributed by atoms with Crippen LogP contribution in [0.2, 0.25) is 0 Å². The molecule has 1 unspecified atom stereocenters. The second-order valence-electron chi connectivity index (χ2n) is 19.6. The molecule has 1 aromatic carbocycles. The Balaban J connectivity index is 1.56. The lowest BCUT2D eigenvalue weighted by atomic mass is 9.71. The second kappa shape index (κ2) is 25.2. The molecule has 0 saturated carbocycles. The predicted octanol–water partition coefficient (Wildman–Crippen LogP) is 4.56. The number of esters is 4. The number of methoxy groups -OCH3 is 2. The van der Waals surface area contributed by atoms with Crippen molar-refractivity contribution in [3.8, 4) is 5.75 Å². The second-order valence-corrected chi connectivity index (χ2v) is 19.6. The van der Waals surface area contributed by atoms with Gasteiger partial charge in [-0.25, -0.2) is 0 Å². The molecule has 4 heterocycles. The first-order chi connectivity index (χ1) is 33.2. The van der Waals surface area contributed by atoms with E-state index in [1.807, 2.05) is 36.1 Å². The van der Waals surface area contributed by atoms with E-state index < -0.39 is 127 Å². The van der Waals surface area contributed by atoms with Crippen molar-refractivity contribution in [2.45, 2.75) is 179 Å². The average molecular weight is 988 g/mol.